The highest BCUT2D eigenvalue weighted by Gasteiger charge is 2.10. The highest BCUT2D eigenvalue weighted by atomic mass is 16.1. The third-order valence-electron chi connectivity index (χ3n) is 2.42. The van der Waals surface area contributed by atoms with Gasteiger partial charge in [0, 0.05) is 17.9 Å². The van der Waals surface area contributed by atoms with Crippen LogP contribution in [-0.2, 0) is 6.54 Å². The number of H-pyrrole nitrogens is 1. The molecular formula is C12H14N4O. The van der Waals surface area contributed by atoms with Crippen LogP contribution in [0.15, 0.2) is 30.3 Å². The molecule has 1 amide bonds. The summed E-state index contributed by atoms with van der Waals surface area (Å²) in [4.78, 5) is 11.9. The van der Waals surface area contributed by atoms with E-state index >= 15 is 0 Å². The lowest BCUT2D eigenvalue weighted by Gasteiger charge is -2.07. The molecule has 0 bridgehead atoms. The van der Waals surface area contributed by atoms with Gasteiger partial charge in [0.25, 0.3) is 5.91 Å². The molecule has 17 heavy (non-hydrogen) atoms. The monoisotopic (exact) mass is 230 g/mol. The van der Waals surface area contributed by atoms with Crippen molar-refractivity contribution in [1.82, 2.24) is 10.2 Å². The van der Waals surface area contributed by atoms with Gasteiger partial charge in [-0.25, -0.2) is 0 Å². The molecular weight excluding hydrogens is 216 g/mol. The van der Waals surface area contributed by atoms with Crippen molar-refractivity contribution in [3.63, 3.8) is 0 Å². The predicted octanol–water partition coefficient (Wildman–Crippen LogP) is 1.43. The maximum absolute atomic E-state index is 11.9. The second-order valence-electron chi connectivity index (χ2n) is 3.75. The van der Waals surface area contributed by atoms with Gasteiger partial charge in [0.15, 0.2) is 5.69 Å². The number of aryl methyl sites for hydroxylation is 1. The molecule has 88 valence electrons. The van der Waals surface area contributed by atoms with Crippen molar-refractivity contribution >= 4 is 11.6 Å². The number of aromatic amines is 1. The summed E-state index contributed by atoms with van der Waals surface area (Å²) in [6, 6.07) is 9.13. The van der Waals surface area contributed by atoms with Gasteiger partial charge in [-0.15, -0.1) is 0 Å². The second-order valence-corrected chi connectivity index (χ2v) is 3.75. The maximum Gasteiger partial charge on any atom is 0.276 e. The Labute approximate surface area is 99.0 Å². The molecule has 0 aliphatic rings. The van der Waals surface area contributed by atoms with E-state index in [9.17, 15) is 4.79 Å². The van der Waals surface area contributed by atoms with Gasteiger partial charge in [0.05, 0.1) is 0 Å². The van der Waals surface area contributed by atoms with Gasteiger partial charge in [0.2, 0.25) is 0 Å². The van der Waals surface area contributed by atoms with Crippen LogP contribution < -0.4 is 11.1 Å². The number of aromatic nitrogens is 2. The first-order valence-electron chi connectivity index (χ1n) is 5.32. The molecule has 0 saturated carbocycles. The van der Waals surface area contributed by atoms with Crippen LogP contribution in [0.25, 0.3) is 0 Å². The molecule has 2 rings (SSSR count). The standard InChI is InChI=1S/C12H14N4O/c1-8-6-11(16-15-8)12(17)14-10-5-3-2-4-9(10)7-13/h2-6H,7,13H2,1H3,(H,14,17)(H,15,16). The summed E-state index contributed by atoms with van der Waals surface area (Å²) < 4.78 is 0. The Bertz CT molecular complexity index is 533. The van der Waals surface area contributed by atoms with Crippen molar-refractivity contribution in [1.29, 1.82) is 0 Å². The number of benzene rings is 1. The summed E-state index contributed by atoms with van der Waals surface area (Å²) in [5.74, 6) is -0.241. The Kier molecular flexibility index (Phi) is 3.20. The molecule has 0 fully saturated rings. The topological polar surface area (TPSA) is 83.8 Å². The Balaban J connectivity index is 2.18. The molecule has 0 radical (unpaired) electrons. The Hall–Kier alpha value is -2.14. The number of nitrogens with zero attached hydrogens (tertiary/aromatic N) is 1. The largest absolute Gasteiger partial charge is 0.326 e. The molecule has 0 spiro atoms. The number of carbonyl (C=O) groups is 1. The van der Waals surface area contributed by atoms with Gasteiger partial charge in [-0.1, -0.05) is 18.2 Å². The fraction of sp³-hybridized carbons (Fsp3) is 0.167. The molecule has 1 heterocycles. The number of nitrogens with one attached hydrogen (secondary N) is 2. The van der Waals surface area contributed by atoms with Gasteiger partial charge in [-0.05, 0) is 24.6 Å². The first-order valence-corrected chi connectivity index (χ1v) is 5.32. The number of hydrogen-bond donors (Lipinski definition) is 3. The molecule has 0 aliphatic heterocycles. The van der Waals surface area contributed by atoms with E-state index < -0.39 is 0 Å². The number of anilines is 1. The van der Waals surface area contributed by atoms with Gasteiger partial charge >= 0.3 is 0 Å². The normalized spacial score (nSPS) is 10.2. The van der Waals surface area contributed by atoms with Gasteiger partial charge in [-0.3, -0.25) is 9.89 Å². The molecule has 1 aromatic heterocycles. The second kappa shape index (κ2) is 4.80. The van der Waals surface area contributed by atoms with E-state index in [1.165, 1.54) is 0 Å². The summed E-state index contributed by atoms with van der Waals surface area (Å²) >= 11 is 0. The van der Waals surface area contributed by atoms with E-state index in [0.29, 0.717) is 12.2 Å². The lowest BCUT2D eigenvalue weighted by Crippen LogP contribution is -2.14. The van der Waals surface area contributed by atoms with Crippen molar-refractivity contribution in [2.45, 2.75) is 13.5 Å². The molecule has 4 N–H and O–H groups in total. The summed E-state index contributed by atoms with van der Waals surface area (Å²) in [6.07, 6.45) is 0. The average molecular weight is 230 g/mol. The zero-order valence-corrected chi connectivity index (χ0v) is 9.53. The number of amides is 1. The molecule has 0 saturated heterocycles. The summed E-state index contributed by atoms with van der Waals surface area (Å²) in [7, 11) is 0. The molecule has 5 heteroatoms. The molecule has 5 nitrogen and oxygen atoms in total. The predicted molar refractivity (Wildman–Crippen MR) is 65.6 cm³/mol. The molecule has 0 aliphatic carbocycles. The van der Waals surface area contributed by atoms with Gasteiger partial charge in [-0.2, -0.15) is 5.10 Å². The number of para-hydroxylation sites is 1. The number of rotatable bonds is 3. The summed E-state index contributed by atoms with van der Waals surface area (Å²) in [6.45, 7) is 2.23. The number of nitrogens with two attached hydrogens (primary N) is 1. The van der Waals surface area contributed by atoms with Crippen molar-refractivity contribution < 1.29 is 4.79 Å². The van der Waals surface area contributed by atoms with E-state index in [2.05, 4.69) is 15.5 Å². The van der Waals surface area contributed by atoms with Crippen molar-refractivity contribution in [3.8, 4) is 0 Å². The Morgan fingerprint density at radius 2 is 2.24 bits per heavy atom. The van der Waals surface area contributed by atoms with Crippen LogP contribution in [0.4, 0.5) is 5.69 Å². The van der Waals surface area contributed by atoms with Crippen LogP contribution in [0, 0.1) is 6.92 Å². The minimum Gasteiger partial charge on any atom is -0.326 e. The van der Waals surface area contributed by atoms with E-state index in [4.69, 9.17) is 5.73 Å². The van der Waals surface area contributed by atoms with Gasteiger partial charge < -0.3 is 11.1 Å². The van der Waals surface area contributed by atoms with E-state index in [1.54, 1.807) is 6.07 Å². The Morgan fingerprint density at radius 1 is 1.47 bits per heavy atom. The maximum atomic E-state index is 11.9. The highest BCUT2D eigenvalue weighted by molar-refractivity contribution is 6.03. The van der Waals surface area contributed by atoms with Crippen LogP contribution in [0.1, 0.15) is 21.7 Å². The SMILES string of the molecule is Cc1cc(C(=O)Nc2ccccc2CN)n[nH]1. The number of carbonyl (C=O) groups excluding carboxylic acids is 1. The third-order valence-corrected chi connectivity index (χ3v) is 2.42. The van der Waals surface area contributed by atoms with Crippen LogP contribution in [0.5, 0.6) is 0 Å². The first kappa shape index (κ1) is 11.3. The van der Waals surface area contributed by atoms with Crippen molar-refractivity contribution in [3.05, 3.63) is 47.3 Å². The lowest BCUT2D eigenvalue weighted by atomic mass is 10.2. The highest BCUT2D eigenvalue weighted by Crippen LogP contribution is 2.15. The van der Waals surface area contributed by atoms with Gasteiger partial charge in [0.1, 0.15) is 0 Å². The molecule has 0 unspecified atom stereocenters. The molecule has 2 aromatic rings. The van der Waals surface area contributed by atoms with E-state index in [0.717, 1.165) is 16.9 Å². The lowest BCUT2D eigenvalue weighted by molar-refractivity contribution is 0.102. The average Bonchev–Trinajstić information content (AvgIpc) is 2.77. The quantitative estimate of drug-likeness (QED) is 0.745. The van der Waals surface area contributed by atoms with Crippen LogP contribution in [0.2, 0.25) is 0 Å². The Morgan fingerprint density at radius 3 is 2.88 bits per heavy atom. The fourth-order valence-corrected chi connectivity index (χ4v) is 1.54. The minimum atomic E-state index is -0.241. The minimum absolute atomic E-state index is 0.241. The first-order chi connectivity index (χ1) is 8.20. The van der Waals surface area contributed by atoms with Crippen LogP contribution in [0.3, 0.4) is 0 Å². The molecule has 1 aromatic carbocycles. The molecule has 0 atom stereocenters. The van der Waals surface area contributed by atoms with Crippen LogP contribution >= 0.6 is 0 Å². The smallest absolute Gasteiger partial charge is 0.276 e. The third kappa shape index (κ3) is 2.51. The zero-order chi connectivity index (χ0) is 12.3. The summed E-state index contributed by atoms with van der Waals surface area (Å²) in [5.41, 5.74) is 8.43. The number of hydrogen-bond acceptors (Lipinski definition) is 3. The van der Waals surface area contributed by atoms with E-state index in [1.807, 2.05) is 31.2 Å². The van der Waals surface area contributed by atoms with Crippen molar-refractivity contribution in [2.75, 3.05) is 5.32 Å². The summed E-state index contributed by atoms with van der Waals surface area (Å²) in [5, 5.41) is 9.42. The fourth-order valence-electron chi connectivity index (χ4n) is 1.54. The zero-order valence-electron chi connectivity index (χ0n) is 9.53. The van der Waals surface area contributed by atoms with Crippen molar-refractivity contribution in [2.24, 2.45) is 5.73 Å². The van der Waals surface area contributed by atoms with E-state index in [-0.39, 0.29) is 5.91 Å². The van der Waals surface area contributed by atoms with Crippen LogP contribution in [-0.4, -0.2) is 16.1 Å².